The molecule has 0 saturated heterocycles. The van der Waals surface area contributed by atoms with Gasteiger partial charge in [-0.25, -0.2) is 0 Å². The summed E-state index contributed by atoms with van der Waals surface area (Å²) in [4.78, 5) is 0. The Bertz CT molecular complexity index is 292. The molecule has 3 N–H and O–H groups in total. The normalized spacial score (nSPS) is 12.9. The lowest BCUT2D eigenvalue weighted by atomic mass is 10.0. The summed E-state index contributed by atoms with van der Waals surface area (Å²) in [7, 11) is 0. The second-order valence-corrected chi connectivity index (χ2v) is 2.82. The Labute approximate surface area is 70.9 Å². The molecule has 66 valence electrons. The number of aliphatic hydroxyl groups is 1. The van der Waals surface area contributed by atoms with Gasteiger partial charge in [0.15, 0.2) is 0 Å². The second kappa shape index (κ2) is 3.03. The largest absolute Gasteiger partial charge is 0.508 e. The molecule has 0 unspecified atom stereocenters. The van der Waals surface area contributed by atoms with Crippen LogP contribution in [0.5, 0.6) is 11.5 Å². The molecule has 0 saturated carbocycles. The SMILES string of the molecule is Cc1c(O)ccc(O)c1[C@@H](C)O. The zero-order valence-corrected chi connectivity index (χ0v) is 7.07. The number of phenolic OH excluding ortho intramolecular Hbond substituents is 2. The van der Waals surface area contributed by atoms with Gasteiger partial charge in [-0.05, 0) is 26.0 Å². The van der Waals surface area contributed by atoms with E-state index in [1.165, 1.54) is 12.1 Å². The van der Waals surface area contributed by atoms with Crippen molar-refractivity contribution in [1.29, 1.82) is 0 Å². The summed E-state index contributed by atoms with van der Waals surface area (Å²) >= 11 is 0. The third-order valence-electron chi connectivity index (χ3n) is 1.88. The van der Waals surface area contributed by atoms with Crippen LogP contribution in [0, 0.1) is 6.92 Å². The van der Waals surface area contributed by atoms with Gasteiger partial charge in [0.05, 0.1) is 6.10 Å². The number of hydrogen-bond donors (Lipinski definition) is 3. The molecule has 3 nitrogen and oxygen atoms in total. The van der Waals surface area contributed by atoms with Crippen LogP contribution >= 0.6 is 0 Å². The molecule has 0 radical (unpaired) electrons. The van der Waals surface area contributed by atoms with E-state index >= 15 is 0 Å². The molecular weight excluding hydrogens is 156 g/mol. The lowest BCUT2D eigenvalue weighted by molar-refractivity contribution is 0.193. The van der Waals surface area contributed by atoms with Gasteiger partial charge in [-0.3, -0.25) is 0 Å². The Morgan fingerprint density at radius 2 is 1.67 bits per heavy atom. The summed E-state index contributed by atoms with van der Waals surface area (Å²) in [6.07, 6.45) is -0.767. The molecule has 1 aromatic carbocycles. The molecule has 3 heteroatoms. The predicted molar refractivity (Wildman–Crippen MR) is 45.1 cm³/mol. The molecule has 0 aromatic heterocycles. The number of aromatic hydroxyl groups is 2. The molecule has 0 fully saturated rings. The van der Waals surface area contributed by atoms with E-state index in [0.29, 0.717) is 11.1 Å². The maximum absolute atomic E-state index is 9.32. The molecule has 0 heterocycles. The van der Waals surface area contributed by atoms with Crippen LogP contribution < -0.4 is 0 Å². The van der Waals surface area contributed by atoms with Crippen molar-refractivity contribution in [3.63, 3.8) is 0 Å². The molecule has 0 aliphatic rings. The smallest absolute Gasteiger partial charge is 0.121 e. The Kier molecular flexibility index (Phi) is 2.24. The fraction of sp³-hybridized carbons (Fsp3) is 0.333. The number of phenols is 2. The number of rotatable bonds is 1. The van der Waals surface area contributed by atoms with Crippen molar-refractivity contribution in [2.24, 2.45) is 0 Å². The Morgan fingerprint density at radius 3 is 2.08 bits per heavy atom. The van der Waals surface area contributed by atoms with Crippen LogP contribution in [0.3, 0.4) is 0 Å². The summed E-state index contributed by atoms with van der Waals surface area (Å²) in [5, 5.41) is 27.8. The second-order valence-electron chi connectivity index (χ2n) is 2.82. The first-order chi connectivity index (χ1) is 5.54. The van der Waals surface area contributed by atoms with E-state index < -0.39 is 6.10 Å². The lowest BCUT2D eigenvalue weighted by Crippen LogP contribution is -1.95. The van der Waals surface area contributed by atoms with E-state index in [4.69, 9.17) is 0 Å². The standard InChI is InChI=1S/C9H12O3/c1-5-7(11)3-4-8(12)9(5)6(2)10/h3-4,6,10-12H,1-2H3/t6-/m1/s1. The molecule has 0 aliphatic heterocycles. The first kappa shape index (κ1) is 8.87. The average Bonchev–Trinajstić information content (AvgIpc) is 1.97. The van der Waals surface area contributed by atoms with Crippen molar-refractivity contribution in [1.82, 2.24) is 0 Å². The third kappa shape index (κ3) is 1.36. The fourth-order valence-corrected chi connectivity index (χ4v) is 1.23. The molecule has 1 rings (SSSR count). The van der Waals surface area contributed by atoms with Gasteiger partial charge >= 0.3 is 0 Å². The maximum atomic E-state index is 9.32. The van der Waals surface area contributed by atoms with Gasteiger partial charge in [0.25, 0.3) is 0 Å². The van der Waals surface area contributed by atoms with Crippen molar-refractivity contribution in [2.75, 3.05) is 0 Å². The van der Waals surface area contributed by atoms with Crippen LogP contribution in [-0.4, -0.2) is 15.3 Å². The van der Waals surface area contributed by atoms with Crippen LogP contribution in [0.15, 0.2) is 12.1 Å². The quantitative estimate of drug-likeness (QED) is 0.556. The molecule has 0 amide bonds. The highest BCUT2D eigenvalue weighted by atomic mass is 16.3. The topological polar surface area (TPSA) is 60.7 Å². The maximum Gasteiger partial charge on any atom is 0.121 e. The zero-order chi connectivity index (χ0) is 9.30. The minimum atomic E-state index is -0.767. The van der Waals surface area contributed by atoms with E-state index in [1.54, 1.807) is 13.8 Å². The molecule has 0 bridgehead atoms. The lowest BCUT2D eigenvalue weighted by Gasteiger charge is -2.11. The van der Waals surface area contributed by atoms with Crippen LogP contribution in [0.2, 0.25) is 0 Å². The van der Waals surface area contributed by atoms with E-state index in [-0.39, 0.29) is 11.5 Å². The van der Waals surface area contributed by atoms with Gasteiger partial charge in [0.2, 0.25) is 0 Å². The van der Waals surface area contributed by atoms with Gasteiger partial charge in [-0.2, -0.15) is 0 Å². The van der Waals surface area contributed by atoms with Crippen LogP contribution in [0.25, 0.3) is 0 Å². The van der Waals surface area contributed by atoms with E-state index in [9.17, 15) is 15.3 Å². The third-order valence-corrected chi connectivity index (χ3v) is 1.88. The summed E-state index contributed by atoms with van der Waals surface area (Å²) in [6, 6.07) is 2.76. The van der Waals surface area contributed by atoms with E-state index in [0.717, 1.165) is 0 Å². The molecule has 0 spiro atoms. The van der Waals surface area contributed by atoms with E-state index in [1.807, 2.05) is 0 Å². The predicted octanol–water partition coefficient (Wildman–Crippen LogP) is 1.46. The van der Waals surface area contributed by atoms with Gasteiger partial charge in [-0.15, -0.1) is 0 Å². The van der Waals surface area contributed by atoms with Gasteiger partial charge in [-0.1, -0.05) is 0 Å². The monoisotopic (exact) mass is 168 g/mol. The van der Waals surface area contributed by atoms with Gasteiger partial charge < -0.3 is 15.3 Å². The zero-order valence-electron chi connectivity index (χ0n) is 7.07. The highest BCUT2D eigenvalue weighted by Crippen LogP contribution is 2.32. The summed E-state index contributed by atoms with van der Waals surface area (Å²) in [5.74, 6) is 0.101. The van der Waals surface area contributed by atoms with E-state index in [2.05, 4.69) is 0 Å². The van der Waals surface area contributed by atoms with Crippen molar-refractivity contribution >= 4 is 0 Å². The van der Waals surface area contributed by atoms with Crippen LogP contribution in [0.1, 0.15) is 24.2 Å². The molecular formula is C9H12O3. The highest BCUT2D eigenvalue weighted by molar-refractivity contribution is 5.47. The van der Waals surface area contributed by atoms with Crippen molar-refractivity contribution < 1.29 is 15.3 Å². The molecule has 1 atom stereocenters. The molecule has 1 aromatic rings. The first-order valence-corrected chi connectivity index (χ1v) is 3.73. The first-order valence-electron chi connectivity index (χ1n) is 3.73. The summed E-state index contributed by atoms with van der Waals surface area (Å²) in [6.45, 7) is 3.19. The average molecular weight is 168 g/mol. The minimum absolute atomic E-state index is 0.0142. The van der Waals surface area contributed by atoms with Crippen molar-refractivity contribution in [2.45, 2.75) is 20.0 Å². The Hall–Kier alpha value is -1.22. The summed E-state index contributed by atoms with van der Waals surface area (Å²) in [5.41, 5.74) is 0.903. The number of hydrogen-bond acceptors (Lipinski definition) is 3. The van der Waals surface area contributed by atoms with Crippen LogP contribution in [0.4, 0.5) is 0 Å². The highest BCUT2D eigenvalue weighted by Gasteiger charge is 2.12. The van der Waals surface area contributed by atoms with Gasteiger partial charge in [0, 0.05) is 11.1 Å². The van der Waals surface area contributed by atoms with Crippen LogP contribution in [-0.2, 0) is 0 Å². The van der Waals surface area contributed by atoms with Crippen molar-refractivity contribution in [3.8, 4) is 11.5 Å². The van der Waals surface area contributed by atoms with Crippen molar-refractivity contribution in [3.05, 3.63) is 23.3 Å². The molecule has 0 aliphatic carbocycles. The Morgan fingerprint density at radius 1 is 1.17 bits per heavy atom. The van der Waals surface area contributed by atoms with Gasteiger partial charge in [0.1, 0.15) is 11.5 Å². The number of aliphatic hydroxyl groups excluding tert-OH is 1. The minimum Gasteiger partial charge on any atom is -0.508 e. The molecule has 12 heavy (non-hydrogen) atoms. The Balaban J connectivity index is 3.33. The summed E-state index contributed by atoms with van der Waals surface area (Å²) < 4.78 is 0. The number of benzene rings is 1. The fourth-order valence-electron chi connectivity index (χ4n) is 1.23.